The van der Waals surface area contributed by atoms with Gasteiger partial charge < -0.3 is 10.1 Å². The van der Waals surface area contributed by atoms with Crippen molar-refractivity contribution >= 4 is 11.9 Å². The topological polar surface area (TPSA) is 55.4 Å². The second-order valence-corrected chi connectivity index (χ2v) is 6.23. The van der Waals surface area contributed by atoms with Crippen LogP contribution in [0.25, 0.3) is 0 Å². The quantitative estimate of drug-likeness (QED) is 0.799. The highest BCUT2D eigenvalue weighted by Gasteiger charge is 2.23. The molecular weight excluding hydrogens is 242 g/mol. The van der Waals surface area contributed by atoms with Crippen LogP contribution in [0.5, 0.6) is 0 Å². The Morgan fingerprint density at radius 3 is 2.21 bits per heavy atom. The fraction of sp³-hybridized carbons (Fsp3) is 0.733. The largest absolute Gasteiger partial charge is 0.444 e. The molecule has 0 atom stereocenters. The number of carbonyl (C=O) groups is 2. The van der Waals surface area contributed by atoms with Gasteiger partial charge in [-0.2, -0.15) is 0 Å². The Labute approximate surface area is 115 Å². The van der Waals surface area contributed by atoms with Gasteiger partial charge in [0.1, 0.15) is 5.60 Å². The van der Waals surface area contributed by atoms with E-state index >= 15 is 0 Å². The minimum absolute atomic E-state index is 0.0917. The predicted molar refractivity (Wildman–Crippen MR) is 74.9 cm³/mol. The van der Waals surface area contributed by atoms with Crippen molar-refractivity contribution in [1.82, 2.24) is 5.32 Å². The first-order valence-electron chi connectivity index (χ1n) is 6.94. The number of allylic oxidation sites excluding steroid dienone is 2. The number of hydrogen-bond donors (Lipinski definition) is 1. The van der Waals surface area contributed by atoms with Crippen molar-refractivity contribution in [3.05, 3.63) is 12.2 Å². The summed E-state index contributed by atoms with van der Waals surface area (Å²) in [5.41, 5.74) is -0.453. The first-order valence-corrected chi connectivity index (χ1v) is 6.94. The summed E-state index contributed by atoms with van der Waals surface area (Å²) >= 11 is 0. The van der Waals surface area contributed by atoms with Gasteiger partial charge in [0.15, 0.2) is 5.78 Å². The van der Waals surface area contributed by atoms with E-state index in [1.807, 2.05) is 26.8 Å². The third-order valence-corrected chi connectivity index (χ3v) is 3.10. The lowest BCUT2D eigenvalue weighted by molar-refractivity contribution is -0.112. The average Bonchev–Trinajstić information content (AvgIpc) is 2.25. The molecule has 1 aliphatic carbocycles. The van der Waals surface area contributed by atoms with Crippen LogP contribution in [0.2, 0.25) is 0 Å². The minimum Gasteiger partial charge on any atom is -0.444 e. The highest BCUT2D eigenvalue weighted by molar-refractivity contribution is 5.87. The van der Waals surface area contributed by atoms with Crippen molar-refractivity contribution in [2.75, 3.05) is 0 Å². The van der Waals surface area contributed by atoms with Crippen molar-refractivity contribution in [1.29, 1.82) is 0 Å². The summed E-state index contributed by atoms with van der Waals surface area (Å²) in [6.45, 7) is 7.13. The molecule has 1 rings (SSSR count). The second-order valence-electron chi connectivity index (χ2n) is 6.23. The van der Waals surface area contributed by atoms with Gasteiger partial charge in [-0.15, -0.1) is 0 Å². The van der Waals surface area contributed by atoms with Gasteiger partial charge in [-0.3, -0.25) is 4.79 Å². The first-order chi connectivity index (χ1) is 8.76. The number of nitrogens with one attached hydrogen (secondary N) is 1. The van der Waals surface area contributed by atoms with Crippen LogP contribution >= 0.6 is 0 Å². The Balaban J connectivity index is 2.30. The lowest BCUT2D eigenvalue weighted by Gasteiger charge is -2.28. The van der Waals surface area contributed by atoms with Crippen LogP contribution in [0, 0.1) is 5.92 Å². The number of alkyl carbamates (subject to hydrolysis) is 1. The van der Waals surface area contributed by atoms with E-state index in [9.17, 15) is 9.59 Å². The van der Waals surface area contributed by atoms with Gasteiger partial charge in [0, 0.05) is 6.04 Å². The van der Waals surface area contributed by atoms with Crippen molar-refractivity contribution < 1.29 is 14.3 Å². The van der Waals surface area contributed by atoms with Gasteiger partial charge in [0.25, 0.3) is 0 Å². The molecular formula is C15H25NO3. The number of rotatable bonds is 3. The summed E-state index contributed by atoms with van der Waals surface area (Å²) in [7, 11) is 0. The molecule has 0 aromatic carbocycles. The zero-order chi connectivity index (χ0) is 14.5. The number of ether oxygens (including phenoxy) is 1. The van der Waals surface area contributed by atoms with Crippen molar-refractivity contribution in [3.63, 3.8) is 0 Å². The Morgan fingerprint density at radius 2 is 1.74 bits per heavy atom. The molecule has 0 radical (unpaired) electrons. The fourth-order valence-corrected chi connectivity index (χ4v) is 2.20. The van der Waals surface area contributed by atoms with Gasteiger partial charge in [-0.05, 0) is 65.4 Å². The second kappa shape index (κ2) is 6.73. The van der Waals surface area contributed by atoms with Crippen molar-refractivity contribution in [3.8, 4) is 0 Å². The number of ketones is 1. The van der Waals surface area contributed by atoms with Gasteiger partial charge in [0.05, 0.1) is 0 Å². The van der Waals surface area contributed by atoms with Gasteiger partial charge in [-0.1, -0.05) is 6.08 Å². The molecule has 0 aliphatic heterocycles. The molecule has 108 valence electrons. The van der Waals surface area contributed by atoms with Crippen LogP contribution in [0.15, 0.2) is 12.2 Å². The maximum absolute atomic E-state index is 11.6. The van der Waals surface area contributed by atoms with Gasteiger partial charge >= 0.3 is 6.09 Å². The van der Waals surface area contributed by atoms with Crippen molar-refractivity contribution in [2.24, 2.45) is 5.92 Å². The summed E-state index contributed by atoms with van der Waals surface area (Å²) in [6, 6.07) is 0.192. The highest BCUT2D eigenvalue weighted by Crippen LogP contribution is 2.25. The highest BCUT2D eigenvalue weighted by atomic mass is 16.6. The minimum atomic E-state index is -0.453. The lowest BCUT2D eigenvalue weighted by Crippen LogP contribution is -2.40. The summed E-state index contributed by atoms with van der Waals surface area (Å²) in [5, 5.41) is 2.91. The van der Waals surface area contributed by atoms with E-state index in [4.69, 9.17) is 4.74 Å². The van der Waals surface area contributed by atoms with E-state index in [1.54, 1.807) is 13.0 Å². The third-order valence-electron chi connectivity index (χ3n) is 3.10. The molecule has 1 saturated carbocycles. The first kappa shape index (κ1) is 15.7. The number of carbonyl (C=O) groups excluding carboxylic acids is 2. The Bertz CT molecular complexity index is 347. The summed E-state index contributed by atoms with van der Waals surface area (Å²) in [5.74, 6) is 0.551. The molecule has 0 saturated heterocycles. The molecule has 0 aromatic heterocycles. The Hall–Kier alpha value is -1.32. The lowest BCUT2D eigenvalue weighted by atomic mass is 9.86. The molecule has 19 heavy (non-hydrogen) atoms. The van der Waals surface area contributed by atoms with E-state index in [0.717, 1.165) is 25.7 Å². The van der Waals surface area contributed by atoms with Gasteiger partial charge in [-0.25, -0.2) is 4.79 Å². The molecule has 1 aliphatic rings. The van der Waals surface area contributed by atoms with Crippen LogP contribution in [-0.4, -0.2) is 23.5 Å². The molecule has 4 nitrogen and oxygen atoms in total. The van der Waals surface area contributed by atoms with Crippen LogP contribution in [-0.2, 0) is 9.53 Å². The number of hydrogen-bond acceptors (Lipinski definition) is 3. The van der Waals surface area contributed by atoms with E-state index in [0.29, 0.717) is 5.92 Å². The molecule has 1 amide bonds. The van der Waals surface area contributed by atoms with Crippen LogP contribution < -0.4 is 5.32 Å². The zero-order valence-corrected chi connectivity index (χ0v) is 12.4. The third kappa shape index (κ3) is 6.99. The summed E-state index contributed by atoms with van der Waals surface area (Å²) < 4.78 is 5.24. The van der Waals surface area contributed by atoms with E-state index in [1.165, 1.54) is 0 Å². The maximum Gasteiger partial charge on any atom is 0.407 e. The van der Waals surface area contributed by atoms with E-state index < -0.39 is 5.60 Å². The Morgan fingerprint density at radius 1 is 1.16 bits per heavy atom. The molecule has 0 bridgehead atoms. The summed E-state index contributed by atoms with van der Waals surface area (Å²) in [6.07, 6.45) is 7.18. The molecule has 0 heterocycles. The van der Waals surface area contributed by atoms with Crippen LogP contribution in [0.1, 0.15) is 53.4 Å². The van der Waals surface area contributed by atoms with E-state index in [2.05, 4.69) is 5.32 Å². The number of amides is 1. The fourth-order valence-electron chi connectivity index (χ4n) is 2.20. The molecule has 0 unspecified atom stereocenters. The average molecular weight is 267 g/mol. The van der Waals surface area contributed by atoms with Crippen LogP contribution in [0.3, 0.4) is 0 Å². The normalized spacial score (nSPS) is 24.2. The SMILES string of the molecule is CC(=O)C=CC1CCC(NC(=O)OC(C)(C)C)CC1. The smallest absolute Gasteiger partial charge is 0.407 e. The molecule has 0 spiro atoms. The van der Waals surface area contributed by atoms with Gasteiger partial charge in [0.2, 0.25) is 0 Å². The maximum atomic E-state index is 11.6. The molecule has 0 aromatic rings. The molecule has 1 N–H and O–H groups in total. The van der Waals surface area contributed by atoms with E-state index in [-0.39, 0.29) is 17.9 Å². The molecule has 1 fully saturated rings. The van der Waals surface area contributed by atoms with Crippen LogP contribution in [0.4, 0.5) is 4.79 Å². The zero-order valence-electron chi connectivity index (χ0n) is 12.4. The summed E-state index contributed by atoms with van der Waals surface area (Å²) in [4.78, 5) is 22.5. The predicted octanol–water partition coefficient (Wildman–Crippen LogP) is 3.22. The standard InChI is InChI=1S/C15H25NO3/c1-11(17)5-6-12-7-9-13(10-8-12)16-14(18)19-15(2,3)4/h5-6,12-13H,7-10H2,1-4H3,(H,16,18). The molecule has 4 heteroatoms. The monoisotopic (exact) mass is 267 g/mol. The van der Waals surface area contributed by atoms with Crippen molar-refractivity contribution in [2.45, 2.75) is 65.0 Å². The Kier molecular flexibility index (Phi) is 5.58.